The van der Waals surface area contributed by atoms with Crippen molar-refractivity contribution in [3.63, 3.8) is 0 Å². The molecule has 94 valence electrons. The van der Waals surface area contributed by atoms with Crippen LogP contribution < -0.4 is 10.6 Å². The Kier molecular flexibility index (Phi) is 4.06. The Hall–Kier alpha value is -1.02. The van der Waals surface area contributed by atoms with E-state index in [0.717, 1.165) is 19.4 Å². The van der Waals surface area contributed by atoms with E-state index < -0.39 is 0 Å². The fraction of sp³-hybridized carbons (Fsp3) is 0.600. The highest BCUT2D eigenvalue weighted by molar-refractivity contribution is 5.54. The summed E-state index contributed by atoms with van der Waals surface area (Å²) in [5.41, 5.74) is 11.4. The molecule has 2 nitrogen and oxygen atoms in total. The minimum Gasteiger partial charge on any atom is -0.372 e. The molecule has 1 aliphatic heterocycles. The highest BCUT2D eigenvalue weighted by Crippen LogP contribution is 2.26. The molecule has 2 heteroatoms. The Morgan fingerprint density at radius 2 is 1.71 bits per heavy atom. The lowest BCUT2D eigenvalue weighted by molar-refractivity contribution is 0.822. The Labute approximate surface area is 105 Å². The molecule has 0 aliphatic carbocycles. The highest BCUT2D eigenvalue weighted by atomic mass is 15.1. The standard InChI is InChI=1S/C15H24N2/c1-12-10-14(17-8-3-4-9-17)11-13(2)15(12)6-5-7-16/h10-11H,3-9,16H2,1-2H3. The van der Waals surface area contributed by atoms with E-state index in [9.17, 15) is 0 Å². The molecular weight excluding hydrogens is 208 g/mol. The molecule has 0 atom stereocenters. The summed E-state index contributed by atoms with van der Waals surface area (Å²) in [6.45, 7) is 7.70. The zero-order valence-electron chi connectivity index (χ0n) is 11.1. The van der Waals surface area contributed by atoms with Crippen molar-refractivity contribution in [1.82, 2.24) is 0 Å². The lowest BCUT2D eigenvalue weighted by Crippen LogP contribution is -2.18. The average molecular weight is 232 g/mol. The Morgan fingerprint density at radius 1 is 1.12 bits per heavy atom. The molecule has 1 aliphatic rings. The van der Waals surface area contributed by atoms with Crippen LogP contribution in [0, 0.1) is 13.8 Å². The van der Waals surface area contributed by atoms with Crippen molar-refractivity contribution in [2.75, 3.05) is 24.5 Å². The number of hydrogen-bond donors (Lipinski definition) is 1. The van der Waals surface area contributed by atoms with Crippen molar-refractivity contribution in [2.45, 2.75) is 39.5 Å². The summed E-state index contributed by atoms with van der Waals surface area (Å²) in [7, 11) is 0. The first-order valence-electron chi connectivity index (χ1n) is 6.77. The Balaban J connectivity index is 2.21. The predicted octanol–water partition coefficient (Wildman–Crippen LogP) is 2.79. The minimum atomic E-state index is 0.784. The molecule has 1 aromatic carbocycles. The summed E-state index contributed by atoms with van der Waals surface area (Å²) in [5.74, 6) is 0. The van der Waals surface area contributed by atoms with Gasteiger partial charge in [0, 0.05) is 18.8 Å². The third kappa shape index (κ3) is 2.81. The number of nitrogens with two attached hydrogens (primary N) is 1. The van der Waals surface area contributed by atoms with Crippen LogP contribution in [0.15, 0.2) is 12.1 Å². The normalized spacial score (nSPS) is 15.6. The SMILES string of the molecule is Cc1cc(N2CCCC2)cc(C)c1CCCN. The van der Waals surface area contributed by atoms with E-state index in [4.69, 9.17) is 5.73 Å². The van der Waals surface area contributed by atoms with E-state index in [2.05, 4.69) is 30.9 Å². The largest absolute Gasteiger partial charge is 0.372 e. The van der Waals surface area contributed by atoms with Crippen LogP contribution in [-0.4, -0.2) is 19.6 Å². The molecule has 0 radical (unpaired) electrons. The van der Waals surface area contributed by atoms with Crippen molar-refractivity contribution in [2.24, 2.45) is 5.73 Å². The van der Waals surface area contributed by atoms with Crippen molar-refractivity contribution < 1.29 is 0 Å². The smallest absolute Gasteiger partial charge is 0.0371 e. The number of anilines is 1. The van der Waals surface area contributed by atoms with Crippen molar-refractivity contribution in [3.05, 3.63) is 28.8 Å². The third-order valence-corrected chi connectivity index (χ3v) is 3.78. The summed E-state index contributed by atoms with van der Waals surface area (Å²) in [6.07, 6.45) is 4.89. The van der Waals surface area contributed by atoms with Crippen molar-refractivity contribution >= 4 is 5.69 Å². The maximum atomic E-state index is 5.60. The number of aryl methyl sites for hydroxylation is 2. The maximum absolute atomic E-state index is 5.60. The molecule has 1 heterocycles. The average Bonchev–Trinajstić information content (AvgIpc) is 2.81. The molecule has 2 N–H and O–H groups in total. The van der Waals surface area contributed by atoms with Gasteiger partial charge in [0.25, 0.3) is 0 Å². The molecule has 0 bridgehead atoms. The maximum Gasteiger partial charge on any atom is 0.0371 e. The zero-order valence-corrected chi connectivity index (χ0v) is 11.1. The first-order valence-corrected chi connectivity index (χ1v) is 6.77. The molecule has 1 fully saturated rings. The molecule has 0 amide bonds. The van der Waals surface area contributed by atoms with Crippen LogP contribution in [0.4, 0.5) is 5.69 Å². The van der Waals surface area contributed by atoms with Crippen LogP contribution in [-0.2, 0) is 6.42 Å². The fourth-order valence-electron chi connectivity index (χ4n) is 2.80. The van der Waals surface area contributed by atoms with E-state index in [-0.39, 0.29) is 0 Å². The molecule has 2 rings (SSSR count). The van der Waals surface area contributed by atoms with Crippen LogP contribution in [0.5, 0.6) is 0 Å². The Morgan fingerprint density at radius 3 is 2.24 bits per heavy atom. The van der Waals surface area contributed by atoms with Gasteiger partial charge in [0.05, 0.1) is 0 Å². The first kappa shape index (κ1) is 12.4. The number of benzene rings is 1. The van der Waals surface area contributed by atoms with Crippen molar-refractivity contribution in [3.8, 4) is 0 Å². The predicted molar refractivity (Wildman–Crippen MR) is 74.7 cm³/mol. The van der Waals surface area contributed by atoms with Crippen LogP contribution >= 0.6 is 0 Å². The van der Waals surface area contributed by atoms with Gasteiger partial charge in [-0.25, -0.2) is 0 Å². The van der Waals surface area contributed by atoms with Gasteiger partial charge in [0.15, 0.2) is 0 Å². The molecule has 1 aromatic rings. The molecule has 0 saturated carbocycles. The van der Waals surface area contributed by atoms with Crippen molar-refractivity contribution in [1.29, 1.82) is 0 Å². The van der Waals surface area contributed by atoms with E-state index in [1.54, 1.807) is 0 Å². The molecule has 0 unspecified atom stereocenters. The van der Waals surface area contributed by atoms with Crippen LogP contribution in [0.1, 0.15) is 36.0 Å². The highest BCUT2D eigenvalue weighted by Gasteiger charge is 2.14. The van der Waals surface area contributed by atoms with Gasteiger partial charge in [0.2, 0.25) is 0 Å². The van der Waals surface area contributed by atoms with Crippen LogP contribution in [0.3, 0.4) is 0 Å². The van der Waals surface area contributed by atoms with Gasteiger partial charge >= 0.3 is 0 Å². The van der Waals surface area contributed by atoms with Gasteiger partial charge in [-0.2, -0.15) is 0 Å². The molecule has 1 saturated heterocycles. The van der Waals surface area contributed by atoms with Gasteiger partial charge in [-0.1, -0.05) is 0 Å². The summed E-state index contributed by atoms with van der Waals surface area (Å²) in [6, 6.07) is 4.70. The number of hydrogen-bond acceptors (Lipinski definition) is 2. The molecule has 0 aromatic heterocycles. The van der Waals surface area contributed by atoms with Gasteiger partial charge in [-0.3, -0.25) is 0 Å². The minimum absolute atomic E-state index is 0.784. The van der Waals surface area contributed by atoms with Crippen LogP contribution in [0.25, 0.3) is 0 Å². The first-order chi connectivity index (χ1) is 8.22. The molecule has 17 heavy (non-hydrogen) atoms. The van der Waals surface area contributed by atoms with E-state index in [1.807, 2.05) is 0 Å². The quantitative estimate of drug-likeness (QED) is 0.865. The fourth-order valence-corrected chi connectivity index (χ4v) is 2.80. The lowest BCUT2D eigenvalue weighted by Gasteiger charge is -2.21. The second-order valence-electron chi connectivity index (χ2n) is 5.14. The summed E-state index contributed by atoms with van der Waals surface area (Å²) in [4.78, 5) is 2.51. The zero-order chi connectivity index (χ0) is 12.3. The summed E-state index contributed by atoms with van der Waals surface area (Å²) >= 11 is 0. The number of nitrogens with zero attached hydrogens (tertiary/aromatic N) is 1. The second kappa shape index (κ2) is 5.54. The van der Waals surface area contributed by atoms with Gasteiger partial charge in [0.1, 0.15) is 0 Å². The summed E-state index contributed by atoms with van der Waals surface area (Å²) < 4.78 is 0. The second-order valence-corrected chi connectivity index (χ2v) is 5.14. The van der Waals surface area contributed by atoms with E-state index in [1.165, 1.54) is 48.3 Å². The van der Waals surface area contributed by atoms with Crippen LogP contribution in [0.2, 0.25) is 0 Å². The Bertz CT molecular complexity index is 356. The topological polar surface area (TPSA) is 29.3 Å². The van der Waals surface area contributed by atoms with E-state index >= 15 is 0 Å². The van der Waals surface area contributed by atoms with E-state index in [0.29, 0.717) is 0 Å². The van der Waals surface area contributed by atoms with Gasteiger partial charge in [-0.15, -0.1) is 0 Å². The monoisotopic (exact) mass is 232 g/mol. The van der Waals surface area contributed by atoms with Gasteiger partial charge in [-0.05, 0) is 74.9 Å². The summed E-state index contributed by atoms with van der Waals surface area (Å²) in [5, 5.41) is 0. The lowest BCUT2D eigenvalue weighted by atomic mass is 9.97. The molecular formula is C15H24N2. The molecule has 0 spiro atoms. The number of rotatable bonds is 4. The third-order valence-electron chi connectivity index (χ3n) is 3.78. The van der Waals surface area contributed by atoms with Gasteiger partial charge < -0.3 is 10.6 Å².